The Balaban J connectivity index is 2.82. The van der Waals surface area contributed by atoms with Crippen LogP contribution in [0.25, 0.3) is 0 Å². The maximum absolute atomic E-state index is 10.9. The SMILES string of the molecule is CCCC(Oc1cccc(C(=O)O)c1)C(=O)O. The summed E-state index contributed by atoms with van der Waals surface area (Å²) in [6.07, 6.45) is 0.117. The van der Waals surface area contributed by atoms with Gasteiger partial charge in [-0.05, 0) is 24.6 Å². The summed E-state index contributed by atoms with van der Waals surface area (Å²) in [5, 5.41) is 17.7. The van der Waals surface area contributed by atoms with Crippen LogP contribution in [0.2, 0.25) is 0 Å². The number of carboxylic acid groups (broad SMARTS) is 2. The number of aromatic carboxylic acids is 1. The molecule has 0 heterocycles. The highest BCUT2D eigenvalue weighted by Gasteiger charge is 2.18. The van der Waals surface area contributed by atoms with Crippen LogP contribution in [0.15, 0.2) is 24.3 Å². The topological polar surface area (TPSA) is 83.8 Å². The van der Waals surface area contributed by atoms with E-state index in [0.717, 1.165) is 0 Å². The first kappa shape index (κ1) is 13.0. The summed E-state index contributed by atoms with van der Waals surface area (Å²) >= 11 is 0. The van der Waals surface area contributed by atoms with Gasteiger partial charge in [0, 0.05) is 0 Å². The Morgan fingerprint density at radius 2 is 2.06 bits per heavy atom. The highest BCUT2D eigenvalue weighted by atomic mass is 16.5. The molecule has 0 aromatic heterocycles. The molecule has 92 valence electrons. The molecule has 5 heteroatoms. The average molecular weight is 238 g/mol. The molecule has 0 aliphatic carbocycles. The minimum Gasteiger partial charge on any atom is -0.479 e. The molecule has 0 amide bonds. The van der Waals surface area contributed by atoms with Gasteiger partial charge in [-0.15, -0.1) is 0 Å². The predicted molar refractivity (Wildman–Crippen MR) is 60.4 cm³/mol. The molecule has 0 aliphatic heterocycles. The first-order valence-electron chi connectivity index (χ1n) is 5.27. The fraction of sp³-hybridized carbons (Fsp3) is 0.333. The maximum Gasteiger partial charge on any atom is 0.344 e. The molecular formula is C12H14O5. The van der Waals surface area contributed by atoms with E-state index in [9.17, 15) is 9.59 Å². The van der Waals surface area contributed by atoms with Crippen LogP contribution in [0.4, 0.5) is 0 Å². The predicted octanol–water partition coefficient (Wildman–Crippen LogP) is 2.02. The second kappa shape index (κ2) is 5.89. The highest BCUT2D eigenvalue weighted by molar-refractivity contribution is 5.88. The van der Waals surface area contributed by atoms with Gasteiger partial charge < -0.3 is 14.9 Å². The van der Waals surface area contributed by atoms with Crippen molar-refractivity contribution in [2.45, 2.75) is 25.9 Å². The summed E-state index contributed by atoms with van der Waals surface area (Å²) in [4.78, 5) is 21.6. The molecule has 2 N–H and O–H groups in total. The molecule has 5 nitrogen and oxygen atoms in total. The number of hydrogen-bond donors (Lipinski definition) is 2. The molecule has 1 aromatic carbocycles. The van der Waals surface area contributed by atoms with Crippen molar-refractivity contribution in [3.8, 4) is 5.75 Å². The molecular weight excluding hydrogens is 224 g/mol. The number of rotatable bonds is 6. The fourth-order valence-corrected chi connectivity index (χ4v) is 1.36. The van der Waals surface area contributed by atoms with Gasteiger partial charge in [0.2, 0.25) is 0 Å². The second-order valence-electron chi connectivity index (χ2n) is 3.57. The Hall–Kier alpha value is -2.04. The van der Waals surface area contributed by atoms with E-state index in [2.05, 4.69) is 0 Å². The van der Waals surface area contributed by atoms with Gasteiger partial charge in [0.15, 0.2) is 6.10 Å². The van der Waals surface area contributed by atoms with E-state index in [-0.39, 0.29) is 11.3 Å². The number of carbonyl (C=O) groups is 2. The van der Waals surface area contributed by atoms with Crippen LogP contribution in [0.3, 0.4) is 0 Å². The lowest BCUT2D eigenvalue weighted by Gasteiger charge is -2.14. The van der Waals surface area contributed by atoms with Crippen molar-refractivity contribution in [2.24, 2.45) is 0 Å². The largest absolute Gasteiger partial charge is 0.479 e. The Morgan fingerprint density at radius 3 is 2.59 bits per heavy atom. The number of carboxylic acids is 2. The molecule has 0 spiro atoms. The van der Waals surface area contributed by atoms with Crippen molar-refractivity contribution in [3.63, 3.8) is 0 Å². The zero-order valence-electron chi connectivity index (χ0n) is 9.42. The Kier molecular flexibility index (Phi) is 4.51. The number of aliphatic carboxylic acids is 1. The lowest BCUT2D eigenvalue weighted by molar-refractivity contribution is -0.145. The molecule has 17 heavy (non-hydrogen) atoms. The summed E-state index contributed by atoms with van der Waals surface area (Å²) < 4.78 is 5.24. The van der Waals surface area contributed by atoms with Crippen molar-refractivity contribution in [2.75, 3.05) is 0 Å². The first-order valence-corrected chi connectivity index (χ1v) is 5.27. The third-order valence-electron chi connectivity index (χ3n) is 2.19. The van der Waals surface area contributed by atoms with Crippen molar-refractivity contribution < 1.29 is 24.5 Å². The Morgan fingerprint density at radius 1 is 1.35 bits per heavy atom. The lowest BCUT2D eigenvalue weighted by Crippen LogP contribution is -2.26. The van der Waals surface area contributed by atoms with Gasteiger partial charge in [0.05, 0.1) is 5.56 Å². The Labute approximate surface area is 98.6 Å². The molecule has 0 aliphatic rings. The van der Waals surface area contributed by atoms with Crippen molar-refractivity contribution >= 4 is 11.9 Å². The number of benzene rings is 1. The minimum absolute atomic E-state index is 0.0723. The molecule has 0 saturated carbocycles. The quantitative estimate of drug-likeness (QED) is 0.792. The minimum atomic E-state index is -1.07. The van der Waals surface area contributed by atoms with Crippen LogP contribution in [-0.2, 0) is 4.79 Å². The molecule has 0 saturated heterocycles. The van der Waals surface area contributed by atoms with Crippen molar-refractivity contribution in [3.05, 3.63) is 29.8 Å². The number of ether oxygens (including phenoxy) is 1. The summed E-state index contributed by atoms with van der Waals surface area (Å²) in [7, 11) is 0. The maximum atomic E-state index is 10.9. The van der Waals surface area contributed by atoms with Crippen LogP contribution in [0, 0.1) is 0 Å². The van der Waals surface area contributed by atoms with Crippen molar-refractivity contribution in [1.82, 2.24) is 0 Å². The first-order chi connectivity index (χ1) is 8.04. The monoisotopic (exact) mass is 238 g/mol. The van der Waals surface area contributed by atoms with E-state index in [1.54, 1.807) is 0 Å². The standard InChI is InChI=1S/C12H14O5/c1-2-4-10(12(15)16)17-9-6-3-5-8(7-9)11(13)14/h3,5-7,10H,2,4H2,1H3,(H,13,14)(H,15,16). The normalized spacial score (nSPS) is 11.8. The fourth-order valence-electron chi connectivity index (χ4n) is 1.36. The van der Waals surface area contributed by atoms with Crippen LogP contribution < -0.4 is 4.74 Å². The van der Waals surface area contributed by atoms with E-state index < -0.39 is 18.0 Å². The average Bonchev–Trinajstić information content (AvgIpc) is 2.28. The van der Waals surface area contributed by atoms with Crippen LogP contribution >= 0.6 is 0 Å². The smallest absolute Gasteiger partial charge is 0.344 e. The molecule has 1 atom stereocenters. The molecule has 1 aromatic rings. The van der Waals surface area contributed by atoms with E-state index in [1.807, 2.05) is 6.92 Å². The third-order valence-corrected chi connectivity index (χ3v) is 2.19. The van der Waals surface area contributed by atoms with E-state index in [0.29, 0.717) is 12.8 Å². The van der Waals surface area contributed by atoms with E-state index in [4.69, 9.17) is 14.9 Å². The summed E-state index contributed by atoms with van der Waals surface area (Å²) in [5.74, 6) is -1.86. The zero-order chi connectivity index (χ0) is 12.8. The lowest BCUT2D eigenvalue weighted by atomic mass is 10.2. The molecule has 0 fully saturated rings. The van der Waals surface area contributed by atoms with Crippen LogP contribution in [0.5, 0.6) is 5.75 Å². The molecule has 0 bridgehead atoms. The van der Waals surface area contributed by atoms with Gasteiger partial charge >= 0.3 is 11.9 Å². The molecule has 1 rings (SSSR count). The van der Waals surface area contributed by atoms with Gasteiger partial charge in [0.25, 0.3) is 0 Å². The summed E-state index contributed by atoms with van der Waals surface area (Å²) in [6, 6.07) is 5.79. The van der Waals surface area contributed by atoms with Gasteiger partial charge in [-0.3, -0.25) is 0 Å². The van der Waals surface area contributed by atoms with Gasteiger partial charge in [0.1, 0.15) is 5.75 Å². The van der Waals surface area contributed by atoms with Gasteiger partial charge in [-0.25, -0.2) is 9.59 Å². The van der Waals surface area contributed by atoms with E-state index in [1.165, 1.54) is 24.3 Å². The van der Waals surface area contributed by atoms with Crippen molar-refractivity contribution in [1.29, 1.82) is 0 Å². The van der Waals surface area contributed by atoms with Gasteiger partial charge in [-0.1, -0.05) is 19.4 Å². The highest BCUT2D eigenvalue weighted by Crippen LogP contribution is 2.16. The third kappa shape index (κ3) is 3.79. The van der Waals surface area contributed by atoms with E-state index >= 15 is 0 Å². The molecule has 0 radical (unpaired) electrons. The number of hydrogen-bond acceptors (Lipinski definition) is 3. The molecule has 1 unspecified atom stereocenters. The van der Waals surface area contributed by atoms with Gasteiger partial charge in [-0.2, -0.15) is 0 Å². The Bertz CT molecular complexity index is 413. The van der Waals surface area contributed by atoms with Crippen LogP contribution in [-0.4, -0.2) is 28.3 Å². The van der Waals surface area contributed by atoms with Crippen LogP contribution in [0.1, 0.15) is 30.1 Å². The second-order valence-corrected chi connectivity index (χ2v) is 3.57. The summed E-state index contributed by atoms with van der Waals surface area (Å²) in [6.45, 7) is 1.85. The summed E-state index contributed by atoms with van der Waals surface area (Å²) in [5.41, 5.74) is 0.0723. The zero-order valence-corrected chi connectivity index (χ0v) is 9.42.